The fourth-order valence-corrected chi connectivity index (χ4v) is 8.98. The predicted molar refractivity (Wildman–Crippen MR) is 171 cm³/mol. The van der Waals surface area contributed by atoms with Gasteiger partial charge in [-0.25, -0.2) is 18.1 Å². The quantitative estimate of drug-likeness (QED) is 0.285. The van der Waals surface area contributed by atoms with Crippen LogP contribution in [0.1, 0.15) is 99.0 Å². The third-order valence-corrected chi connectivity index (χ3v) is 12.1. The van der Waals surface area contributed by atoms with Gasteiger partial charge in [0.05, 0.1) is 18.6 Å². The van der Waals surface area contributed by atoms with E-state index in [2.05, 4.69) is 16.9 Å². The number of methoxy groups -OCH3 is 1. The molecule has 11 heteroatoms. The number of hydrogen-bond acceptors (Lipinski definition) is 8. The molecule has 3 heterocycles. The van der Waals surface area contributed by atoms with E-state index in [1.165, 1.54) is 7.05 Å². The lowest BCUT2D eigenvalue weighted by Crippen LogP contribution is -2.50. The molecule has 0 spiro atoms. The maximum atomic E-state index is 13.3. The molecule has 3 saturated carbocycles. The Morgan fingerprint density at radius 2 is 1.82 bits per heavy atom. The Balaban J connectivity index is 1.28. The van der Waals surface area contributed by atoms with Gasteiger partial charge >= 0.3 is 0 Å². The number of nitrogens with two attached hydrogens (primary N) is 1. The van der Waals surface area contributed by atoms with Crippen molar-refractivity contribution in [3.05, 3.63) is 59.7 Å². The number of amides is 1. The summed E-state index contributed by atoms with van der Waals surface area (Å²) < 4.78 is 38.6. The predicted octanol–water partition coefficient (Wildman–Crippen LogP) is 5.38. The van der Waals surface area contributed by atoms with Gasteiger partial charge in [0, 0.05) is 46.3 Å². The van der Waals surface area contributed by atoms with Crippen molar-refractivity contribution < 1.29 is 22.4 Å². The first-order valence-corrected chi connectivity index (χ1v) is 17.9. The number of ether oxygens (including phenoxy) is 1. The molecule has 3 aromatic heterocycles. The van der Waals surface area contributed by atoms with Crippen LogP contribution in [-0.4, -0.2) is 49.2 Å². The van der Waals surface area contributed by atoms with Gasteiger partial charge in [-0.15, -0.1) is 0 Å². The van der Waals surface area contributed by atoms with Gasteiger partial charge in [-0.1, -0.05) is 0 Å². The van der Waals surface area contributed by atoms with Crippen molar-refractivity contribution in [2.45, 2.75) is 88.4 Å². The first-order chi connectivity index (χ1) is 21.6. The van der Waals surface area contributed by atoms with Gasteiger partial charge in [-0.3, -0.25) is 14.8 Å². The molecular weight excluding hydrogens is 590 g/mol. The first-order valence-electron chi connectivity index (χ1n) is 16.2. The van der Waals surface area contributed by atoms with Crippen LogP contribution in [0, 0.1) is 24.7 Å². The third kappa shape index (κ3) is 6.79. The number of oxazole rings is 1. The van der Waals surface area contributed by atoms with Crippen molar-refractivity contribution >= 4 is 15.9 Å². The highest BCUT2D eigenvalue weighted by atomic mass is 32.2. The number of carbonyl (C=O) groups is 1. The summed E-state index contributed by atoms with van der Waals surface area (Å²) in [6.45, 7) is 1.98. The van der Waals surface area contributed by atoms with Crippen LogP contribution in [-0.2, 0) is 20.2 Å². The number of aryl methyl sites for hydroxylation is 1. The summed E-state index contributed by atoms with van der Waals surface area (Å²) in [6.07, 6.45) is 12.3. The molecule has 3 atom stereocenters. The molecule has 3 unspecified atom stereocenters. The minimum absolute atomic E-state index is 0.0148. The fourth-order valence-electron chi connectivity index (χ4n) is 7.89. The van der Waals surface area contributed by atoms with Crippen molar-refractivity contribution in [1.82, 2.24) is 19.7 Å². The highest BCUT2D eigenvalue weighted by Gasteiger charge is 2.50. The van der Waals surface area contributed by atoms with Gasteiger partial charge in [-0.05, 0) is 114 Å². The Hall–Kier alpha value is -3.31. The van der Waals surface area contributed by atoms with Crippen LogP contribution in [0.5, 0.6) is 5.75 Å². The summed E-state index contributed by atoms with van der Waals surface area (Å²) in [5.74, 6) is 1.64. The van der Waals surface area contributed by atoms with Gasteiger partial charge in [0.15, 0.2) is 5.89 Å². The highest BCUT2D eigenvalue weighted by Crippen LogP contribution is 2.52. The maximum Gasteiger partial charge on any atom is 0.221 e. The zero-order valence-corrected chi connectivity index (χ0v) is 27.3. The number of pyridine rings is 2. The molecule has 0 aromatic carbocycles. The summed E-state index contributed by atoms with van der Waals surface area (Å²) >= 11 is 0. The first kappa shape index (κ1) is 31.7. The van der Waals surface area contributed by atoms with E-state index in [4.69, 9.17) is 29.8 Å². The lowest BCUT2D eigenvalue weighted by Gasteiger charge is -2.47. The van der Waals surface area contributed by atoms with E-state index in [1.807, 2.05) is 19.1 Å². The number of aromatic nitrogens is 3. The number of rotatable bonds is 11. The molecule has 10 nitrogen and oxygen atoms in total. The van der Waals surface area contributed by atoms with Crippen molar-refractivity contribution in [2.24, 2.45) is 23.5 Å². The highest BCUT2D eigenvalue weighted by molar-refractivity contribution is 7.89. The standard InChI is InChI=1S/C34H45N5O5S/c1-21-30(43-3)11-10-28(38-21)24-6-4-22(5-7-24)18-34(14-12-23(16-27(34)32(35)40)20-45(41,42)36-2)31-17-26(13-15-37-31)29-19-44-33(39-29)25-8-9-25/h10-11,13,15,17,19,22-25,27,36H,4-9,12,14,16,18,20H2,1-3H3,(H2,35,40). The van der Waals surface area contributed by atoms with Gasteiger partial charge in [0.2, 0.25) is 15.9 Å². The molecule has 3 aliphatic rings. The van der Waals surface area contributed by atoms with E-state index in [-0.39, 0.29) is 11.7 Å². The van der Waals surface area contributed by atoms with Crippen LogP contribution >= 0.6 is 0 Å². The minimum Gasteiger partial charge on any atom is -0.495 e. The van der Waals surface area contributed by atoms with Crippen LogP contribution in [0.3, 0.4) is 0 Å². The summed E-state index contributed by atoms with van der Waals surface area (Å²) in [6, 6.07) is 8.08. The third-order valence-electron chi connectivity index (χ3n) is 10.6. The van der Waals surface area contributed by atoms with E-state index < -0.39 is 27.3 Å². The van der Waals surface area contributed by atoms with Crippen molar-refractivity contribution in [3.63, 3.8) is 0 Å². The van der Waals surface area contributed by atoms with E-state index in [0.717, 1.165) is 84.9 Å². The molecular formula is C34H45N5O5S. The van der Waals surface area contributed by atoms with Crippen molar-refractivity contribution in [1.29, 1.82) is 0 Å². The van der Waals surface area contributed by atoms with Crippen LogP contribution in [0.15, 0.2) is 41.1 Å². The molecule has 3 aliphatic carbocycles. The Kier molecular flexibility index (Phi) is 9.03. The molecule has 0 aliphatic heterocycles. The average molecular weight is 636 g/mol. The summed E-state index contributed by atoms with van der Waals surface area (Å²) in [4.78, 5) is 27.8. The second-order valence-electron chi connectivity index (χ2n) is 13.5. The molecule has 0 radical (unpaired) electrons. The largest absolute Gasteiger partial charge is 0.495 e. The number of sulfonamides is 1. The van der Waals surface area contributed by atoms with Crippen LogP contribution in [0.2, 0.25) is 0 Å². The molecule has 0 saturated heterocycles. The van der Waals surface area contributed by atoms with Crippen molar-refractivity contribution in [3.8, 4) is 17.0 Å². The minimum atomic E-state index is -3.43. The second-order valence-corrected chi connectivity index (χ2v) is 15.4. The molecule has 0 bridgehead atoms. The Bertz CT molecular complexity index is 1630. The van der Waals surface area contributed by atoms with E-state index in [9.17, 15) is 13.2 Å². The number of carbonyl (C=O) groups excluding carboxylic acids is 1. The number of hydrogen-bond donors (Lipinski definition) is 2. The zero-order chi connectivity index (χ0) is 31.8. The van der Waals surface area contributed by atoms with Gasteiger partial charge in [-0.2, -0.15) is 0 Å². The van der Waals surface area contributed by atoms with E-state index in [0.29, 0.717) is 37.0 Å². The average Bonchev–Trinajstić information content (AvgIpc) is 3.77. The fraction of sp³-hybridized carbons (Fsp3) is 0.588. The molecule has 242 valence electrons. The van der Waals surface area contributed by atoms with Crippen LogP contribution in [0.4, 0.5) is 0 Å². The Morgan fingerprint density at radius 1 is 1.07 bits per heavy atom. The van der Waals surface area contributed by atoms with Gasteiger partial charge in [0.1, 0.15) is 17.7 Å². The molecule has 3 N–H and O–H groups in total. The van der Waals surface area contributed by atoms with Gasteiger partial charge in [0.25, 0.3) is 0 Å². The normalized spacial score (nSPS) is 27.3. The van der Waals surface area contributed by atoms with Crippen molar-refractivity contribution in [2.75, 3.05) is 19.9 Å². The number of nitrogens with one attached hydrogen (secondary N) is 1. The summed E-state index contributed by atoms with van der Waals surface area (Å²) in [5, 5.41) is 0. The molecule has 3 aromatic rings. The van der Waals surface area contributed by atoms with Crippen LogP contribution < -0.4 is 15.2 Å². The molecule has 3 fully saturated rings. The Morgan fingerprint density at radius 3 is 2.49 bits per heavy atom. The Labute approximate surface area is 266 Å². The zero-order valence-electron chi connectivity index (χ0n) is 26.5. The summed E-state index contributed by atoms with van der Waals surface area (Å²) in [5.41, 5.74) is 10.1. The smallest absolute Gasteiger partial charge is 0.221 e. The monoisotopic (exact) mass is 635 g/mol. The number of nitrogens with zero attached hydrogens (tertiary/aromatic N) is 3. The second kappa shape index (κ2) is 12.8. The maximum absolute atomic E-state index is 13.3. The molecule has 6 rings (SSSR count). The van der Waals surface area contributed by atoms with E-state index >= 15 is 0 Å². The SMILES string of the molecule is CNS(=O)(=O)CC1CCC(CC2CCC(c3ccc(OC)c(C)n3)CC2)(c2cc(-c3coc(C4CC4)n3)ccn2)C(C(N)=O)C1. The van der Waals surface area contributed by atoms with Gasteiger partial charge < -0.3 is 14.9 Å². The van der Waals surface area contributed by atoms with E-state index in [1.54, 1.807) is 19.6 Å². The topological polar surface area (TPSA) is 150 Å². The lowest BCUT2D eigenvalue weighted by atomic mass is 9.57. The molecule has 45 heavy (non-hydrogen) atoms. The lowest BCUT2D eigenvalue weighted by molar-refractivity contribution is -0.126. The summed E-state index contributed by atoms with van der Waals surface area (Å²) in [7, 11) is -0.333. The molecule has 1 amide bonds. The van der Waals surface area contributed by atoms with Crippen LogP contribution in [0.25, 0.3) is 11.3 Å². The number of primary amides is 1.